The third-order valence-electron chi connectivity index (χ3n) is 4.56. The molecule has 0 spiro atoms. The second kappa shape index (κ2) is 8.12. The maximum Gasteiger partial charge on any atom is 0.410 e. The lowest BCUT2D eigenvalue weighted by Crippen LogP contribution is -2.42. The standard InChI is InChI=1S/C19H27N3O6/c1-19(2,3)28-18(23)21-9-5-4-6-13(12-21)20-16-14(22(24)25)7-8-15-17(16)27-11-10-26-15/h7-8,13,20H,4-6,9-12H2,1-3H3. The van der Waals surface area contributed by atoms with Crippen molar-refractivity contribution in [2.75, 3.05) is 31.6 Å². The molecule has 2 aliphatic heterocycles. The topological polar surface area (TPSA) is 103 Å². The van der Waals surface area contributed by atoms with Crippen molar-refractivity contribution in [1.29, 1.82) is 0 Å². The number of rotatable bonds is 3. The van der Waals surface area contributed by atoms with Crippen LogP contribution in [0.2, 0.25) is 0 Å². The first-order chi connectivity index (χ1) is 13.2. The van der Waals surface area contributed by atoms with Gasteiger partial charge in [0.05, 0.1) is 4.92 Å². The van der Waals surface area contributed by atoms with E-state index in [0.717, 1.165) is 19.3 Å². The molecule has 0 saturated carbocycles. The number of carbonyl (C=O) groups is 1. The zero-order valence-electron chi connectivity index (χ0n) is 16.5. The van der Waals surface area contributed by atoms with E-state index in [4.69, 9.17) is 14.2 Å². The van der Waals surface area contributed by atoms with Gasteiger partial charge in [-0.05, 0) is 46.1 Å². The molecule has 1 amide bonds. The highest BCUT2D eigenvalue weighted by atomic mass is 16.6. The Morgan fingerprint density at radius 1 is 1.29 bits per heavy atom. The van der Waals surface area contributed by atoms with Gasteiger partial charge in [0.1, 0.15) is 18.8 Å². The Hall–Kier alpha value is -2.71. The minimum absolute atomic E-state index is 0.0719. The van der Waals surface area contributed by atoms with Crippen molar-refractivity contribution in [3.8, 4) is 11.5 Å². The lowest BCUT2D eigenvalue weighted by molar-refractivity contribution is -0.384. The number of nitrogens with one attached hydrogen (secondary N) is 1. The molecule has 9 heteroatoms. The van der Waals surface area contributed by atoms with Crippen molar-refractivity contribution in [2.24, 2.45) is 0 Å². The quantitative estimate of drug-likeness (QED) is 0.618. The molecule has 9 nitrogen and oxygen atoms in total. The predicted molar refractivity (Wildman–Crippen MR) is 103 cm³/mol. The number of nitro groups is 1. The fourth-order valence-electron chi connectivity index (χ4n) is 3.35. The van der Waals surface area contributed by atoms with Gasteiger partial charge < -0.3 is 24.4 Å². The average molecular weight is 393 g/mol. The molecule has 1 aromatic rings. The molecule has 154 valence electrons. The van der Waals surface area contributed by atoms with Crippen molar-refractivity contribution >= 4 is 17.5 Å². The van der Waals surface area contributed by atoms with Crippen molar-refractivity contribution in [2.45, 2.75) is 51.7 Å². The van der Waals surface area contributed by atoms with E-state index in [9.17, 15) is 14.9 Å². The summed E-state index contributed by atoms with van der Waals surface area (Å²) < 4.78 is 16.7. The smallest absolute Gasteiger partial charge is 0.410 e. The molecule has 1 saturated heterocycles. The number of nitrogens with zero attached hydrogens (tertiary/aromatic N) is 2. The monoisotopic (exact) mass is 393 g/mol. The van der Waals surface area contributed by atoms with Crippen molar-refractivity contribution in [1.82, 2.24) is 4.90 Å². The van der Waals surface area contributed by atoms with Gasteiger partial charge >= 0.3 is 6.09 Å². The number of likely N-dealkylation sites (tertiary alicyclic amines) is 1. The van der Waals surface area contributed by atoms with E-state index in [0.29, 0.717) is 43.5 Å². The van der Waals surface area contributed by atoms with Gasteiger partial charge in [-0.15, -0.1) is 0 Å². The largest absolute Gasteiger partial charge is 0.486 e. The summed E-state index contributed by atoms with van der Waals surface area (Å²) in [7, 11) is 0. The number of hydrogen-bond acceptors (Lipinski definition) is 7. The number of anilines is 1. The lowest BCUT2D eigenvalue weighted by Gasteiger charge is -2.29. The molecule has 1 atom stereocenters. The summed E-state index contributed by atoms with van der Waals surface area (Å²) in [5.74, 6) is 0.838. The van der Waals surface area contributed by atoms with E-state index >= 15 is 0 Å². The van der Waals surface area contributed by atoms with Gasteiger partial charge in [0.25, 0.3) is 5.69 Å². The zero-order chi connectivity index (χ0) is 20.3. The number of amides is 1. The summed E-state index contributed by atoms with van der Waals surface area (Å²) in [6.07, 6.45) is 2.16. The maximum atomic E-state index is 12.5. The molecule has 0 aliphatic carbocycles. The van der Waals surface area contributed by atoms with Gasteiger partial charge in [-0.25, -0.2) is 4.79 Å². The summed E-state index contributed by atoms with van der Waals surface area (Å²) >= 11 is 0. The van der Waals surface area contributed by atoms with Crippen molar-refractivity contribution in [3.63, 3.8) is 0 Å². The van der Waals surface area contributed by atoms with Gasteiger partial charge in [0.15, 0.2) is 17.2 Å². The first kappa shape index (κ1) is 20.0. The Labute approximate surface area is 164 Å². The van der Waals surface area contributed by atoms with E-state index in [2.05, 4.69) is 5.32 Å². The molecule has 1 unspecified atom stereocenters. The van der Waals surface area contributed by atoms with Crippen LogP contribution in [0, 0.1) is 10.1 Å². The lowest BCUT2D eigenvalue weighted by atomic mass is 10.1. The molecule has 2 heterocycles. The van der Waals surface area contributed by atoms with Gasteiger partial charge in [0.2, 0.25) is 0 Å². The number of ether oxygens (including phenoxy) is 3. The summed E-state index contributed by atoms with van der Waals surface area (Å²) in [6.45, 7) is 7.22. The zero-order valence-corrected chi connectivity index (χ0v) is 16.5. The number of nitro benzene ring substituents is 1. The van der Waals surface area contributed by atoms with Crippen LogP contribution >= 0.6 is 0 Å². The van der Waals surface area contributed by atoms with E-state index in [1.165, 1.54) is 6.07 Å². The van der Waals surface area contributed by atoms with Crippen LogP contribution in [0.3, 0.4) is 0 Å². The summed E-state index contributed by atoms with van der Waals surface area (Å²) in [6, 6.07) is 2.81. The SMILES string of the molecule is CC(C)(C)OC(=O)N1CCCCC(Nc2c([N+](=O)[O-])ccc3c2OCCO3)C1. The Morgan fingerprint density at radius 2 is 2.04 bits per heavy atom. The third kappa shape index (κ3) is 4.76. The fraction of sp³-hybridized carbons (Fsp3) is 0.632. The van der Waals surface area contributed by atoms with Crippen LogP contribution in [-0.4, -0.2) is 53.9 Å². The van der Waals surface area contributed by atoms with Crippen LogP contribution in [0.5, 0.6) is 11.5 Å². The van der Waals surface area contributed by atoms with Gasteiger partial charge in [0, 0.05) is 25.2 Å². The Bertz CT molecular complexity index is 746. The Balaban J connectivity index is 1.82. The van der Waals surface area contributed by atoms with Crippen molar-refractivity contribution < 1.29 is 23.9 Å². The van der Waals surface area contributed by atoms with E-state index in [1.54, 1.807) is 11.0 Å². The minimum atomic E-state index is -0.575. The summed E-state index contributed by atoms with van der Waals surface area (Å²) in [5.41, 5.74) is -0.343. The van der Waals surface area contributed by atoms with Crippen molar-refractivity contribution in [3.05, 3.63) is 22.2 Å². The van der Waals surface area contributed by atoms with Crippen LogP contribution < -0.4 is 14.8 Å². The minimum Gasteiger partial charge on any atom is -0.486 e. The van der Waals surface area contributed by atoms with Crippen LogP contribution in [-0.2, 0) is 4.74 Å². The average Bonchev–Trinajstić information content (AvgIpc) is 2.86. The molecule has 0 bridgehead atoms. The van der Waals surface area contributed by atoms with Crippen LogP contribution in [0.15, 0.2) is 12.1 Å². The molecular weight excluding hydrogens is 366 g/mol. The van der Waals surface area contributed by atoms with E-state index in [-0.39, 0.29) is 17.8 Å². The fourth-order valence-corrected chi connectivity index (χ4v) is 3.35. The van der Waals surface area contributed by atoms with Gasteiger partial charge in [-0.1, -0.05) is 0 Å². The van der Waals surface area contributed by atoms with Crippen LogP contribution in [0.1, 0.15) is 40.0 Å². The highest BCUT2D eigenvalue weighted by molar-refractivity contribution is 5.75. The molecule has 3 rings (SSSR count). The summed E-state index contributed by atoms with van der Waals surface area (Å²) in [4.78, 5) is 25.2. The molecule has 0 radical (unpaired) electrons. The molecule has 28 heavy (non-hydrogen) atoms. The highest BCUT2D eigenvalue weighted by Crippen LogP contribution is 2.44. The number of hydrogen-bond donors (Lipinski definition) is 1. The van der Waals surface area contributed by atoms with Crippen LogP contribution in [0.4, 0.5) is 16.2 Å². The normalized spacial score (nSPS) is 19.5. The molecule has 2 aliphatic rings. The van der Waals surface area contributed by atoms with E-state index in [1.807, 2.05) is 20.8 Å². The maximum absolute atomic E-state index is 12.5. The van der Waals surface area contributed by atoms with E-state index < -0.39 is 10.5 Å². The first-order valence-corrected chi connectivity index (χ1v) is 9.56. The third-order valence-corrected chi connectivity index (χ3v) is 4.56. The van der Waals surface area contributed by atoms with Crippen LogP contribution in [0.25, 0.3) is 0 Å². The first-order valence-electron chi connectivity index (χ1n) is 9.56. The number of carbonyl (C=O) groups excluding carboxylic acids is 1. The second-order valence-electron chi connectivity index (χ2n) is 8.00. The molecule has 1 aromatic carbocycles. The van der Waals surface area contributed by atoms with Gasteiger partial charge in [-0.3, -0.25) is 10.1 Å². The molecule has 1 fully saturated rings. The number of benzene rings is 1. The number of fused-ring (bicyclic) bond motifs is 1. The van der Waals surface area contributed by atoms with Gasteiger partial charge in [-0.2, -0.15) is 0 Å². The molecule has 0 aromatic heterocycles. The Kier molecular flexibility index (Phi) is 5.81. The molecule has 1 N–H and O–H groups in total. The summed E-state index contributed by atoms with van der Waals surface area (Å²) in [5, 5.41) is 14.8. The highest BCUT2D eigenvalue weighted by Gasteiger charge is 2.30. The predicted octanol–water partition coefficient (Wildman–Crippen LogP) is 3.57. The Morgan fingerprint density at radius 3 is 2.75 bits per heavy atom. The second-order valence-corrected chi connectivity index (χ2v) is 8.00. The molecular formula is C19H27N3O6.